The first-order valence-corrected chi connectivity index (χ1v) is 12.4. The van der Waals surface area contributed by atoms with Crippen molar-refractivity contribution >= 4 is 23.3 Å². The summed E-state index contributed by atoms with van der Waals surface area (Å²) in [6.07, 6.45) is 5.89. The van der Waals surface area contributed by atoms with Crippen LogP contribution in [0, 0.1) is 46.3 Å². The molecule has 0 heterocycles. The number of ketones is 3. The van der Waals surface area contributed by atoms with Crippen molar-refractivity contribution in [2.45, 2.75) is 85.5 Å². The zero-order chi connectivity index (χ0) is 22.6. The van der Waals surface area contributed by atoms with Crippen molar-refractivity contribution < 1.29 is 23.9 Å². The molecule has 0 spiro atoms. The van der Waals surface area contributed by atoms with Crippen molar-refractivity contribution in [3.8, 4) is 0 Å². The van der Waals surface area contributed by atoms with Crippen LogP contribution in [-0.2, 0) is 23.9 Å². The van der Waals surface area contributed by atoms with Gasteiger partial charge in [-0.1, -0.05) is 20.8 Å². The van der Waals surface area contributed by atoms with E-state index >= 15 is 0 Å². The predicted octanol–water partition coefficient (Wildman–Crippen LogP) is 4.55. The van der Waals surface area contributed by atoms with Gasteiger partial charge in [0.2, 0.25) is 0 Å². The third-order valence-corrected chi connectivity index (χ3v) is 10.0. The zero-order valence-corrected chi connectivity index (χ0v) is 19.6. The van der Waals surface area contributed by atoms with Crippen molar-refractivity contribution in [3.63, 3.8) is 0 Å². The minimum atomic E-state index is -0.474. The molecule has 0 radical (unpaired) electrons. The normalized spacial score (nSPS) is 43.1. The predicted molar refractivity (Wildman–Crippen MR) is 116 cm³/mol. The van der Waals surface area contributed by atoms with E-state index in [1.165, 1.54) is 0 Å². The van der Waals surface area contributed by atoms with Gasteiger partial charge in [0.1, 0.15) is 17.3 Å². The Morgan fingerprint density at radius 3 is 2.55 bits per heavy atom. The highest BCUT2D eigenvalue weighted by atomic mass is 16.5. The maximum atomic E-state index is 13.7. The Bertz CT molecular complexity index is 787. The zero-order valence-electron chi connectivity index (χ0n) is 19.6. The van der Waals surface area contributed by atoms with Crippen molar-refractivity contribution in [3.05, 3.63) is 0 Å². The number of fused-ring (bicyclic) bond motifs is 5. The van der Waals surface area contributed by atoms with Gasteiger partial charge in [-0.15, -0.1) is 0 Å². The van der Waals surface area contributed by atoms with Gasteiger partial charge in [0, 0.05) is 43.4 Å². The Kier molecular flexibility index (Phi) is 5.93. The molecule has 4 fully saturated rings. The van der Waals surface area contributed by atoms with Crippen molar-refractivity contribution in [2.24, 2.45) is 46.3 Å². The Labute approximate surface area is 186 Å². The molecule has 5 heteroatoms. The largest absolute Gasteiger partial charge is 0.466 e. The lowest BCUT2D eigenvalue weighted by atomic mass is 9.44. The summed E-state index contributed by atoms with van der Waals surface area (Å²) in [5.41, 5.74) is -0.546. The molecule has 0 aromatic rings. The second-order valence-electron chi connectivity index (χ2n) is 11.3. The average molecular weight is 431 g/mol. The summed E-state index contributed by atoms with van der Waals surface area (Å²) in [4.78, 5) is 51.1. The summed E-state index contributed by atoms with van der Waals surface area (Å²) in [5.74, 6) is 1.44. The second-order valence-corrected chi connectivity index (χ2v) is 11.3. The van der Waals surface area contributed by atoms with Crippen molar-refractivity contribution in [1.82, 2.24) is 0 Å². The smallest absolute Gasteiger partial charge is 0.305 e. The van der Waals surface area contributed by atoms with Crippen LogP contribution in [0.2, 0.25) is 0 Å². The summed E-state index contributed by atoms with van der Waals surface area (Å²) in [7, 11) is 0. The molecule has 172 valence electrons. The van der Waals surface area contributed by atoms with E-state index in [2.05, 4.69) is 20.8 Å². The van der Waals surface area contributed by atoms with Gasteiger partial charge in [-0.05, 0) is 67.6 Å². The van der Waals surface area contributed by atoms with Gasteiger partial charge >= 0.3 is 5.97 Å². The third-order valence-electron chi connectivity index (χ3n) is 10.0. The maximum Gasteiger partial charge on any atom is 0.305 e. The highest BCUT2D eigenvalue weighted by molar-refractivity contribution is 5.93. The van der Waals surface area contributed by atoms with E-state index in [4.69, 9.17) is 4.74 Å². The van der Waals surface area contributed by atoms with Crippen LogP contribution >= 0.6 is 0 Å². The lowest BCUT2D eigenvalue weighted by molar-refractivity contribution is -0.166. The van der Waals surface area contributed by atoms with E-state index in [1.807, 2.05) is 6.92 Å². The van der Waals surface area contributed by atoms with Gasteiger partial charge in [0.05, 0.1) is 6.61 Å². The molecule has 4 rings (SSSR count). The standard InChI is InChI=1S/C26H38O5/c1-5-31-23(30)9-6-15(2)18-7-8-19-24-20(14-22(29)26(18,19)4)25(3)11-10-17(27)12-16(25)13-21(24)28/h15-16,18-20,24H,5-14H2,1-4H3/t15-,16-,18+,19+,20-,24+,25-,26+/m0/s1. The molecule has 0 amide bonds. The fourth-order valence-electron chi connectivity index (χ4n) is 8.17. The van der Waals surface area contributed by atoms with Gasteiger partial charge in [-0.2, -0.15) is 0 Å². The monoisotopic (exact) mass is 430 g/mol. The summed E-state index contributed by atoms with van der Waals surface area (Å²) in [6, 6.07) is 0. The Hall–Kier alpha value is -1.52. The molecule has 8 atom stereocenters. The number of ether oxygens (including phenoxy) is 1. The van der Waals surface area contributed by atoms with Crippen LogP contribution in [0.4, 0.5) is 0 Å². The molecule has 0 aromatic carbocycles. The number of rotatable bonds is 5. The molecule has 0 bridgehead atoms. The van der Waals surface area contributed by atoms with Crippen LogP contribution in [0.25, 0.3) is 0 Å². The molecule has 31 heavy (non-hydrogen) atoms. The molecular formula is C26H38O5. The molecule has 4 saturated carbocycles. The number of hydrogen-bond donors (Lipinski definition) is 0. The molecule has 0 N–H and O–H groups in total. The van der Waals surface area contributed by atoms with E-state index in [1.54, 1.807) is 0 Å². The number of hydrogen-bond acceptors (Lipinski definition) is 5. The lowest BCUT2D eigenvalue weighted by Gasteiger charge is -2.58. The van der Waals surface area contributed by atoms with E-state index < -0.39 is 5.41 Å². The molecular weight excluding hydrogens is 392 g/mol. The summed E-state index contributed by atoms with van der Waals surface area (Å²) < 4.78 is 5.09. The average Bonchev–Trinajstić information content (AvgIpc) is 3.07. The molecule has 4 aliphatic carbocycles. The van der Waals surface area contributed by atoms with Crippen LogP contribution < -0.4 is 0 Å². The molecule has 0 aliphatic heterocycles. The summed E-state index contributed by atoms with van der Waals surface area (Å²) in [6.45, 7) is 8.73. The van der Waals surface area contributed by atoms with Gasteiger partial charge in [-0.3, -0.25) is 19.2 Å². The quantitative estimate of drug-likeness (QED) is 0.598. The maximum absolute atomic E-state index is 13.7. The first-order valence-electron chi connectivity index (χ1n) is 12.4. The van der Waals surface area contributed by atoms with Crippen LogP contribution in [0.15, 0.2) is 0 Å². The first-order chi connectivity index (χ1) is 14.6. The number of carbonyl (C=O) groups is 4. The van der Waals surface area contributed by atoms with Crippen molar-refractivity contribution in [2.75, 3.05) is 6.61 Å². The Balaban J connectivity index is 1.57. The van der Waals surface area contributed by atoms with Crippen molar-refractivity contribution in [1.29, 1.82) is 0 Å². The minimum absolute atomic E-state index is 0.0422. The van der Waals surface area contributed by atoms with Crippen LogP contribution in [0.5, 0.6) is 0 Å². The van der Waals surface area contributed by atoms with E-state index in [9.17, 15) is 19.2 Å². The SMILES string of the molecule is CCOC(=O)CC[C@H](C)[C@H]1CC[C@@H]2[C@H]3C(=O)C[C@@H]4CC(=O)CC[C@]4(C)[C@H]3CC(=O)[C@@]21C. The highest BCUT2D eigenvalue weighted by Gasteiger charge is 2.66. The van der Waals surface area contributed by atoms with E-state index in [0.717, 1.165) is 25.7 Å². The number of carbonyl (C=O) groups excluding carboxylic acids is 4. The van der Waals surface area contributed by atoms with Crippen LogP contribution in [0.1, 0.15) is 85.5 Å². The van der Waals surface area contributed by atoms with Gasteiger partial charge < -0.3 is 4.74 Å². The highest BCUT2D eigenvalue weighted by Crippen LogP contribution is 2.66. The van der Waals surface area contributed by atoms with Crippen LogP contribution in [-0.4, -0.2) is 29.9 Å². The van der Waals surface area contributed by atoms with Crippen LogP contribution in [0.3, 0.4) is 0 Å². The second kappa shape index (κ2) is 8.12. The molecule has 4 aliphatic rings. The Morgan fingerprint density at radius 2 is 1.84 bits per heavy atom. The molecule has 0 aromatic heterocycles. The fraction of sp³-hybridized carbons (Fsp3) is 0.846. The van der Waals surface area contributed by atoms with E-state index in [-0.39, 0.29) is 52.7 Å². The molecule has 0 unspecified atom stereocenters. The minimum Gasteiger partial charge on any atom is -0.466 e. The first kappa shape index (κ1) is 22.7. The third kappa shape index (κ3) is 3.51. The Morgan fingerprint density at radius 1 is 1.10 bits per heavy atom. The fourth-order valence-corrected chi connectivity index (χ4v) is 8.17. The summed E-state index contributed by atoms with van der Waals surface area (Å²) >= 11 is 0. The number of esters is 1. The molecule has 5 nitrogen and oxygen atoms in total. The number of Topliss-reactive ketones (excluding diaryl/α,β-unsaturated/α-hetero) is 3. The van der Waals surface area contributed by atoms with Gasteiger partial charge in [0.15, 0.2) is 0 Å². The molecule has 0 saturated heterocycles. The van der Waals surface area contributed by atoms with Gasteiger partial charge in [-0.25, -0.2) is 0 Å². The lowest BCUT2D eigenvalue weighted by Crippen LogP contribution is -2.60. The topological polar surface area (TPSA) is 77.5 Å². The van der Waals surface area contributed by atoms with E-state index in [0.29, 0.717) is 50.3 Å². The van der Waals surface area contributed by atoms with Gasteiger partial charge in [0.25, 0.3) is 0 Å². The summed E-state index contributed by atoms with van der Waals surface area (Å²) in [5, 5.41) is 0.